The van der Waals surface area contributed by atoms with Gasteiger partial charge in [-0.25, -0.2) is 4.98 Å². The Labute approximate surface area is 189 Å². The Morgan fingerprint density at radius 2 is 1.71 bits per heavy atom. The third-order valence-electron chi connectivity index (χ3n) is 5.08. The second kappa shape index (κ2) is 8.78. The lowest BCUT2D eigenvalue weighted by Crippen LogP contribution is -2.14. The highest BCUT2D eigenvalue weighted by atomic mass is 79.9. The zero-order valence-corrected chi connectivity index (χ0v) is 19.0. The number of carbonyl (C=O) groups excluding carboxylic acids is 1. The summed E-state index contributed by atoms with van der Waals surface area (Å²) >= 11 is 3.46. The number of benzene rings is 3. The van der Waals surface area contributed by atoms with Gasteiger partial charge in [0, 0.05) is 21.1 Å². The van der Waals surface area contributed by atoms with Gasteiger partial charge >= 0.3 is 0 Å². The second-order valence-corrected chi connectivity index (χ2v) is 7.97. The Kier molecular flexibility index (Phi) is 5.91. The number of aromatic nitrogens is 1. The number of nitrogens with one attached hydrogen (secondary N) is 1. The van der Waals surface area contributed by atoms with Gasteiger partial charge in [0.1, 0.15) is 0 Å². The van der Waals surface area contributed by atoms with Crippen LogP contribution in [0.4, 0.5) is 5.69 Å². The number of carbonyl (C=O) groups is 1. The Morgan fingerprint density at radius 3 is 2.45 bits per heavy atom. The molecule has 0 saturated heterocycles. The minimum Gasteiger partial charge on any atom is -0.493 e. The molecule has 5 nitrogen and oxygen atoms in total. The van der Waals surface area contributed by atoms with Gasteiger partial charge in [0.15, 0.2) is 11.5 Å². The number of pyridine rings is 1. The molecule has 0 fully saturated rings. The quantitative estimate of drug-likeness (QED) is 0.370. The van der Waals surface area contributed by atoms with E-state index in [-0.39, 0.29) is 5.91 Å². The van der Waals surface area contributed by atoms with Crippen molar-refractivity contribution in [1.29, 1.82) is 0 Å². The molecule has 0 saturated carbocycles. The Hall–Kier alpha value is -3.38. The summed E-state index contributed by atoms with van der Waals surface area (Å²) in [6.45, 7) is 1.96. The zero-order chi connectivity index (χ0) is 22.0. The maximum Gasteiger partial charge on any atom is 0.256 e. The maximum absolute atomic E-state index is 13.3. The molecule has 4 aromatic rings. The summed E-state index contributed by atoms with van der Waals surface area (Å²) < 4.78 is 11.7. The van der Waals surface area contributed by atoms with E-state index in [4.69, 9.17) is 14.5 Å². The van der Waals surface area contributed by atoms with Gasteiger partial charge in [-0.15, -0.1) is 0 Å². The van der Waals surface area contributed by atoms with Crippen molar-refractivity contribution in [1.82, 2.24) is 4.98 Å². The third kappa shape index (κ3) is 4.25. The number of aryl methyl sites for hydroxylation is 1. The average molecular weight is 477 g/mol. The highest BCUT2D eigenvalue weighted by Gasteiger charge is 2.16. The van der Waals surface area contributed by atoms with Gasteiger partial charge in [-0.3, -0.25) is 4.79 Å². The van der Waals surface area contributed by atoms with Gasteiger partial charge in [-0.1, -0.05) is 34.1 Å². The molecule has 0 bridgehead atoms. The first-order valence-electron chi connectivity index (χ1n) is 9.70. The van der Waals surface area contributed by atoms with Crippen molar-refractivity contribution >= 4 is 38.4 Å². The van der Waals surface area contributed by atoms with Crippen molar-refractivity contribution in [2.45, 2.75) is 6.92 Å². The fourth-order valence-corrected chi connectivity index (χ4v) is 3.94. The number of nitrogens with zero attached hydrogens (tertiary/aromatic N) is 1. The summed E-state index contributed by atoms with van der Waals surface area (Å²) in [5, 5.41) is 3.82. The monoisotopic (exact) mass is 476 g/mol. The van der Waals surface area contributed by atoms with Gasteiger partial charge in [0.25, 0.3) is 5.91 Å². The highest BCUT2D eigenvalue weighted by Crippen LogP contribution is 2.33. The van der Waals surface area contributed by atoms with Crippen molar-refractivity contribution in [2.24, 2.45) is 0 Å². The maximum atomic E-state index is 13.3. The van der Waals surface area contributed by atoms with Crippen LogP contribution >= 0.6 is 15.9 Å². The van der Waals surface area contributed by atoms with E-state index in [0.29, 0.717) is 22.8 Å². The lowest BCUT2D eigenvalue weighted by Gasteiger charge is -2.13. The van der Waals surface area contributed by atoms with Crippen LogP contribution in [0, 0.1) is 6.92 Å². The normalized spacial score (nSPS) is 10.7. The Balaban J connectivity index is 1.81. The number of para-hydroxylation sites is 1. The van der Waals surface area contributed by atoms with E-state index in [1.165, 1.54) is 0 Å². The number of hydrogen-bond donors (Lipinski definition) is 1. The fourth-order valence-electron chi connectivity index (χ4n) is 3.46. The average Bonchev–Trinajstić information content (AvgIpc) is 2.79. The zero-order valence-electron chi connectivity index (χ0n) is 17.4. The predicted molar refractivity (Wildman–Crippen MR) is 127 cm³/mol. The van der Waals surface area contributed by atoms with Crippen molar-refractivity contribution in [3.05, 3.63) is 82.3 Å². The first-order valence-corrected chi connectivity index (χ1v) is 10.5. The van der Waals surface area contributed by atoms with E-state index in [0.717, 1.165) is 32.2 Å². The molecule has 1 N–H and O–H groups in total. The number of halogens is 1. The van der Waals surface area contributed by atoms with E-state index in [2.05, 4.69) is 21.2 Å². The molecule has 0 atom stereocenters. The van der Waals surface area contributed by atoms with Crippen LogP contribution in [0.15, 0.2) is 71.2 Å². The summed E-state index contributed by atoms with van der Waals surface area (Å²) in [5.74, 6) is 1.05. The van der Waals surface area contributed by atoms with E-state index in [1.54, 1.807) is 14.2 Å². The van der Waals surface area contributed by atoms with Crippen molar-refractivity contribution in [3.63, 3.8) is 0 Å². The molecule has 0 radical (unpaired) electrons. The summed E-state index contributed by atoms with van der Waals surface area (Å²) in [6, 6.07) is 20.8. The molecular weight excluding hydrogens is 456 g/mol. The van der Waals surface area contributed by atoms with Crippen LogP contribution < -0.4 is 14.8 Å². The summed E-state index contributed by atoms with van der Waals surface area (Å²) in [6.07, 6.45) is 0. The van der Waals surface area contributed by atoms with E-state index < -0.39 is 0 Å². The van der Waals surface area contributed by atoms with Crippen LogP contribution in [0.1, 0.15) is 15.9 Å². The van der Waals surface area contributed by atoms with Crippen molar-refractivity contribution in [2.75, 3.05) is 19.5 Å². The molecule has 0 unspecified atom stereocenters. The van der Waals surface area contributed by atoms with Gasteiger partial charge in [-0.05, 0) is 61.0 Å². The largest absolute Gasteiger partial charge is 0.493 e. The van der Waals surface area contributed by atoms with Crippen molar-refractivity contribution in [3.8, 4) is 22.8 Å². The highest BCUT2D eigenvalue weighted by molar-refractivity contribution is 9.10. The Morgan fingerprint density at radius 1 is 0.935 bits per heavy atom. The predicted octanol–water partition coefficient (Wildman–Crippen LogP) is 6.24. The molecule has 0 aliphatic rings. The van der Waals surface area contributed by atoms with Crippen LogP contribution in [0.2, 0.25) is 0 Å². The first-order chi connectivity index (χ1) is 15.0. The molecule has 31 heavy (non-hydrogen) atoms. The van der Waals surface area contributed by atoms with Gasteiger partial charge in [0.2, 0.25) is 0 Å². The molecule has 6 heteroatoms. The third-order valence-corrected chi connectivity index (χ3v) is 5.57. The van der Waals surface area contributed by atoms with Crippen molar-refractivity contribution < 1.29 is 14.3 Å². The Bertz CT molecular complexity index is 1290. The number of fused-ring (bicyclic) bond motifs is 1. The lowest BCUT2D eigenvalue weighted by molar-refractivity contribution is 0.102. The molecule has 156 valence electrons. The fraction of sp³-hybridized carbons (Fsp3) is 0.120. The molecule has 0 aliphatic carbocycles. The van der Waals surface area contributed by atoms with Crippen LogP contribution in [-0.4, -0.2) is 25.1 Å². The van der Waals surface area contributed by atoms with E-state index >= 15 is 0 Å². The van der Waals surface area contributed by atoms with Crippen LogP contribution in [-0.2, 0) is 0 Å². The number of anilines is 1. The van der Waals surface area contributed by atoms with Gasteiger partial charge in [-0.2, -0.15) is 0 Å². The number of methoxy groups -OCH3 is 2. The summed E-state index contributed by atoms with van der Waals surface area (Å²) in [5.41, 5.74) is 4.54. The minimum absolute atomic E-state index is 0.189. The summed E-state index contributed by atoms with van der Waals surface area (Å²) in [4.78, 5) is 18.1. The standard InChI is InChI=1S/C25H21BrN2O3/c1-15-12-17(26)9-10-20(15)28-25(29)19-14-22(27-21-7-5-4-6-18(19)21)16-8-11-23(30-2)24(13-16)31-3/h4-14H,1-3H3,(H,28,29). The first kappa shape index (κ1) is 20.9. The smallest absolute Gasteiger partial charge is 0.256 e. The molecule has 1 amide bonds. The molecule has 4 rings (SSSR count). The molecule has 0 spiro atoms. The second-order valence-electron chi connectivity index (χ2n) is 7.06. The molecule has 1 aromatic heterocycles. The summed E-state index contributed by atoms with van der Waals surface area (Å²) in [7, 11) is 3.19. The number of amides is 1. The number of ether oxygens (including phenoxy) is 2. The molecule has 1 heterocycles. The van der Waals surface area contributed by atoms with Crippen LogP contribution in [0.5, 0.6) is 11.5 Å². The minimum atomic E-state index is -0.189. The molecule has 3 aromatic carbocycles. The van der Waals surface area contributed by atoms with Gasteiger partial charge in [0.05, 0.1) is 31.0 Å². The topological polar surface area (TPSA) is 60.5 Å². The van der Waals surface area contributed by atoms with E-state index in [9.17, 15) is 4.79 Å². The lowest BCUT2D eigenvalue weighted by atomic mass is 10.0. The van der Waals surface area contributed by atoms with Crippen LogP contribution in [0.3, 0.4) is 0 Å². The van der Waals surface area contributed by atoms with Gasteiger partial charge < -0.3 is 14.8 Å². The SMILES string of the molecule is COc1ccc(-c2cc(C(=O)Nc3ccc(Br)cc3C)c3ccccc3n2)cc1OC. The van der Waals surface area contributed by atoms with Crippen LogP contribution in [0.25, 0.3) is 22.2 Å². The molecule has 0 aliphatic heterocycles. The van der Waals surface area contributed by atoms with E-state index in [1.807, 2.05) is 73.7 Å². The number of hydrogen-bond acceptors (Lipinski definition) is 4. The molecular formula is C25H21BrN2O3. The number of rotatable bonds is 5.